The Labute approximate surface area is 166 Å². The summed E-state index contributed by atoms with van der Waals surface area (Å²) >= 11 is 0. The van der Waals surface area contributed by atoms with Crippen molar-refractivity contribution in [1.29, 1.82) is 0 Å². The first-order chi connectivity index (χ1) is 13.8. The van der Waals surface area contributed by atoms with Crippen LogP contribution in [0.4, 0.5) is 5.69 Å². The Morgan fingerprint density at radius 1 is 1.03 bits per heavy atom. The SMILES string of the molecule is CS(=O)(=O)c1cccc(-c2cnn3c(-c4ccc(C(N)=O)cc4)cnc3c2)c1N. The lowest BCUT2D eigenvalue weighted by atomic mass is 10.1. The molecule has 0 radical (unpaired) electrons. The summed E-state index contributed by atoms with van der Waals surface area (Å²) in [7, 11) is -3.45. The van der Waals surface area contributed by atoms with Gasteiger partial charge in [0.2, 0.25) is 5.91 Å². The summed E-state index contributed by atoms with van der Waals surface area (Å²) in [5.41, 5.74) is 15.3. The predicted molar refractivity (Wildman–Crippen MR) is 110 cm³/mol. The first-order valence-electron chi connectivity index (χ1n) is 8.58. The molecule has 9 heteroatoms. The molecule has 4 N–H and O–H groups in total. The van der Waals surface area contributed by atoms with E-state index < -0.39 is 15.7 Å². The first kappa shape index (κ1) is 18.6. The molecule has 0 spiro atoms. The summed E-state index contributed by atoms with van der Waals surface area (Å²) in [5.74, 6) is -0.494. The third kappa shape index (κ3) is 3.32. The second-order valence-corrected chi connectivity index (χ2v) is 8.57. The van der Waals surface area contributed by atoms with Crippen LogP contribution in [-0.2, 0) is 9.84 Å². The lowest BCUT2D eigenvalue weighted by Gasteiger charge is -2.10. The van der Waals surface area contributed by atoms with Gasteiger partial charge in [-0.2, -0.15) is 5.10 Å². The van der Waals surface area contributed by atoms with Crippen LogP contribution in [0.15, 0.2) is 65.8 Å². The number of sulfone groups is 1. The van der Waals surface area contributed by atoms with Crippen molar-refractivity contribution in [3.05, 3.63) is 66.5 Å². The fraction of sp³-hybridized carbons (Fsp3) is 0.0500. The molecule has 4 aromatic rings. The zero-order valence-corrected chi connectivity index (χ0v) is 16.2. The van der Waals surface area contributed by atoms with Gasteiger partial charge in [-0.1, -0.05) is 24.3 Å². The number of benzene rings is 2. The number of nitrogens with two attached hydrogens (primary N) is 2. The summed E-state index contributed by atoms with van der Waals surface area (Å²) in [6, 6.07) is 13.5. The van der Waals surface area contributed by atoms with Crippen molar-refractivity contribution in [3.63, 3.8) is 0 Å². The van der Waals surface area contributed by atoms with Crippen LogP contribution in [0.3, 0.4) is 0 Å². The predicted octanol–water partition coefficient (Wildman–Crippen LogP) is 2.15. The summed E-state index contributed by atoms with van der Waals surface area (Å²) in [6.45, 7) is 0. The maximum atomic E-state index is 11.9. The fourth-order valence-electron chi connectivity index (χ4n) is 3.14. The molecule has 2 aromatic heterocycles. The lowest BCUT2D eigenvalue weighted by Crippen LogP contribution is -2.10. The minimum absolute atomic E-state index is 0.0773. The first-order valence-corrected chi connectivity index (χ1v) is 10.5. The fourth-order valence-corrected chi connectivity index (χ4v) is 3.98. The van der Waals surface area contributed by atoms with E-state index in [1.54, 1.807) is 59.4 Å². The molecule has 0 aliphatic heterocycles. The monoisotopic (exact) mass is 407 g/mol. The number of nitrogens with zero attached hydrogens (tertiary/aromatic N) is 3. The number of nitrogen functional groups attached to an aromatic ring is 1. The molecule has 2 aromatic carbocycles. The van der Waals surface area contributed by atoms with Gasteiger partial charge >= 0.3 is 0 Å². The zero-order valence-electron chi connectivity index (χ0n) is 15.4. The van der Waals surface area contributed by atoms with E-state index in [0.29, 0.717) is 22.3 Å². The third-order valence-corrected chi connectivity index (χ3v) is 5.76. The second kappa shape index (κ2) is 6.71. The molecule has 146 valence electrons. The number of aromatic nitrogens is 3. The zero-order chi connectivity index (χ0) is 20.8. The molecule has 0 saturated heterocycles. The van der Waals surface area contributed by atoms with Crippen LogP contribution < -0.4 is 11.5 Å². The Morgan fingerprint density at radius 2 is 1.76 bits per heavy atom. The van der Waals surface area contributed by atoms with Gasteiger partial charge in [0, 0.05) is 28.5 Å². The van der Waals surface area contributed by atoms with Gasteiger partial charge in [0.15, 0.2) is 15.5 Å². The van der Waals surface area contributed by atoms with Crippen LogP contribution in [0, 0.1) is 0 Å². The Bertz CT molecular complexity index is 1360. The highest BCUT2D eigenvalue weighted by molar-refractivity contribution is 7.90. The highest BCUT2D eigenvalue weighted by Crippen LogP contribution is 2.32. The quantitative estimate of drug-likeness (QED) is 0.498. The molecule has 29 heavy (non-hydrogen) atoms. The lowest BCUT2D eigenvalue weighted by molar-refractivity contribution is 0.100. The van der Waals surface area contributed by atoms with Gasteiger partial charge in [-0.3, -0.25) is 4.79 Å². The number of carbonyl (C=O) groups is 1. The van der Waals surface area contributed by atoms with Crippen molar-refractivity contribution in [2.24, 2.45) is 5.73 Å². The number of hydrogen-bond donors (Lipinski definition) is 2. The number of amides is 1. The van der Waals surface area contributed by atoms with E-state index in [9.17, 15) is 13.2 Å². The molecular formula is C20H17N5O3S. The average molecular weight is 407 g/mol. The van der Waals surface area contributed by atoms with E-state index in [2.05, 4.69) is 10.1 Å². The Morgan fingerprint density at radius 3 is 2.41 bits per heavy atom. The normalized spacial score (nSPS) is 11.6. The van der Waals surface area contributed by atoms with Crippen LogP contribution >= 0.6 is 0 Å². The average Bonchev–Trinajstić information content (AvgIpc) is 3.10. The number of anilines is 1. The molecule has 2 heterocycles. The molecule has 0 fully saturated rings. The molecule has 0 aliphatic carbocycles. The molecule has 0 saturated carbocycles. The van der Waals surface area contributed by atoms with Gasteiger partial charge in [0.05, 0.1) is 28.7 Å². The number of primary amides is 1. The number of hydrogen-bond acceptors (Lipinski definition) is 6. The van der Waals surface area contributed by atoms with E-state index in [1.165, 1.54) is 6.07 Å². The molecule has 0 bridgehead atoms. The standard InChI is InChI=1S/C20H17N5O3S/c1-29(27,28)17-4-2-3-15(19(17)21)14-9-18-23-11-16(25(18)24-10-14)12-5-7-13(8-6-12)20(22)26/h2-11H,21H2,1H3,(H2,22,26). The van der Waals surface area contributed by atoms with Crippen molar-refractivity contribution < 1.29 is 13.2 Å². The van der Waals surface area contributed by atoms with Gasteiger partial charge < -0.3 is 11.5 Å². The van der Waals surface area contributed by atoms with Gasteiger partial charge in [0.25, 0.3) is 0 Å². The maximum Gasteiger partial charge on any atom is 0.248 e. The number of fused-ring (bicyclic) bond motifs is 1. The number of para-hydroxylation sites is 1. The number of imidazole rings is 1. The highest BCUT2D eigenvalue weighted by Gasteiger charge is 2.16. The largest absolute Gasteiger partial charge is 0.397 e. The minimum Gasteiger partial charge on any atom is -0.397 e. The maximum absolute atomic E-state index is 11.9. The summed E-state index contributed by atoms with van der Waals surface area (Å²) < 4.78 is 25.5. The number of rotatable bonds is 4. The summed E-state index contributed by atoms with van der Waals surface area (Å²) in [5, 5.41) is 4.44. The Balaban J connectivity index is 1.79. The Hall–Kier alpha value is -3.72. The van der Waals surface area contributed by atoms with Crippen LogP contribution in [0.1, 0.15) is 10.4 Å². The molecule has 4 rings (SSSR count). The van der Waals surface area contributed by atoms with Crippen LogP contribution in [-0.4, -0.2) is 35.2 Å². The topological polar surface area (TPSA) is 133 Å². The van der Waals surface area contributed by atoms with Crippen LogP contribution in [0.25, 0.3) is 28.0 Å². The van der Waals surface area contributed by atoms with E-state index >= 15 is 0 Å². The van der Waals surface area contributed by atoms with E-state index in [0.717, 1.165) is 17.5 Å². The minimum atomic E-state index is -3.45. The molecule has 0 unspecified atom stereocenters. The molecule has 8 nitrogen and oxygen atoms in total. The van der Waals surface area contributed by atoms with Crippen molar-refractivity contribution in [2.75, 3.05) is 12.0 Å². The Kier molecular flexibility index (Phi) is 4.31. The van der Waals surface area contributed by atoms with Crippen LogP contribution in [0.5, 0.6) is 0 Å². The molecule has 0 atom stereocenters. The van der Waals surface area contributed by atoms with Gasteiger partial charge in [0.1, 0.15) is 0 Å². The molecular weight excluding hydrogens is 390 g/mol. The van der Waals surface area contributed by atoms with E-state index in [-0.39, 0.29) is 10.6 Å². The van der Waals surface area contributed by atoms with Crippen molar-refractivity contribution in [3.8, 4) is 22.4 Å². The van der Waals surface area contributed by atoms with Crippen molar-refractivity contribution >= 4 is 27.1 Å². The van der Waals surface area contributed by atoms with Crippen molar-refractivity contribution in [1.82, 2.24) is 14.6 Å². The highest BCUT2D eigenvalue weighted by atomic mass is 32.2. The summed E-state index contributed by atoms with van der Waals surface area (Å²) in [6.07, 6.45) is 4.39. The third-order valence-electron chi connectivity index (χ3n) is 4.60. The number of carbonyl (C=O) groups excluding carboxylic acids is 1. The van der Waals surface area contributed by atoms with Gasteiger partial charge in [-0.05, 0) is 24.3 Å². The second-order valence-electron chi connectivity index (χ2n) is 6.59. The van der Waals surface area contributed by atoms with Gasteiger partial charge in [-0.15, -0.1) is 0 Å². The smallest absolute Gasteiger partial charge is 0.248 e. The van der Waals surface area contributed by atoms with Crippen molar-refractivity contribution in [2.45, 2.75) is 4.90 Å². The molecule has 1 amide bonds. The van der Waals surface area contributed by atoms with E-state index in [4.69, 9.17) is 11.5 Å². The summed E-state index contributed by atoms with van der Waals surface area (Å²) in [4.78, 5) is 15.7. The van der Waals surface area contributed by atoms with E-state index in [1.807, 2.05) is 0 Å². The molecule has 0 aliphatic rings. The van der Waals surface area contributed by atoms with Gasteiger partial charge in [-0.25, -0.2) is 17.9 Å². The van der Waals surface area contributed by atoms with Crippen LogP contribution in [0.2, 0.25) is 0 Å².